The van der Waals surface area contributed by atoms with Crippen molar-refractivity contribution in [2.24, 2.45) is 0 Å². The molecular formula is C13H21N3O. The van der Waals surface area contributed by atoms with Crippen molar-refractivity contribution in [3.63, 3.8) is 0 Å². The Bertz CT molecular complexity index is 361. The lowest BCUT2D eigenvalue weighted by Gasteiger charge is -2.21. The van der Waals surface area contributed by atoms with Crippen LogP contribution >= 0.6 is 0 Å². The Hall–Kier alpha value is -1.58. The maximum Gasteiger partial charge on any atom is 0.269 e. The van der Waals surface area contributed by atoms with Crippen LogP contribution in [0.5, 0.6) is 0 Å². The predicted molar refractivity (Wildman–Crippen MR) is 70.4 cm³/mol. The van der Waals surface area contributed by atoms with Crippen LogP contribution in [0.15, 0.2) is 18.3 Å². The highest BCUT2D eigenvalue weighted by molar-refractivity contribution is 5.93. The van der Waals surface area contributed by atoms with Gasteiger partial charge in [-0.1, -0.05) is 6.92 Å². The van der Waals surface area contributed by atoms with E-state index in [4.69, 9.17) is 0 Å². The Morgan fingerprint density at radius 2 is 2.06 bits per heavy atom. The fourth-order valence-corrected chi connectivity index (χ4v) is 1.66. The highest BCUT2D eigenvalue weighted by Gasteiger charge is 2.09. The zero-order chi connectivity index (χ0) is 12.7. The molecule has 1 amide bonds. The van der Waals surface area contributed by atoms with Crippen LogP contribution in [0.2, 0.25) is 0 Å². The molecule has 1 aromatic heterocycles. The van der Waals surface area contributed by atoms with Crippen molar-refractivity contribution in [1.82, 2.24) is 10.3 Å². The normalized spacial score (nSPS) is 10.1. The number of carbonyl (C=O) groups excluding carboxylic acids is 1. The lowest BCUT2D eigenvalue weighted by atomic mass is 10.2. The van der Waals surface area contributed by atoms with Crippen LogP contribution < -0.4 is 10.2 Å². The largest absolute Gasteiger partial charge is 0.372 e. The van der Waals surface area contributed by atoms with Crippen molar-refractivity contribution in [1.29, 1.82) is 0 Å². The second-order valence-electron chi connectivity index (χ2n) is 3.83. The monoisotopic (exact) mass is 235 g/mol. The van der Waals surface area contributed by atoms with Crippen LogP contribution in [0, 0.1) is 0 Å². The number of hydrogen-bond donors (Lipinski definition) is 1. The lowest BCUT2D eigenvalue weighted by molar-refractivity contribution is 0.0948. The standard InChI is InChI=1S/C13H21N3O/c1-4-8-15-13(17)12-10-11(7-9-14-12)16(5-2)6-3/h7,9-10H,4-6,8H2,1-3H3,(H,15,17). The highest BCUT2D eigenvalue weighted by Crippen LogP contribution is 2.13. The molecule has 0 bridgehead atoms. The molecule has 0 aromatic carbocycles. The van der Waals surface area contributed by atoms with Gasteiger partial charge in [-0.3, -0.25) is 9.78 Å². The van der Waals surface area contributed by atoms with Gasteiger partial charge in [0.25, 0.3) is 5.91 Å². The molecule has 0 spiro atoms. The first-order chi connectivity index (χ1) is 8.22. The van der Waals surface area contributed by atoms with Crippen LogP contribution in [0.3, 0.4) is 0 Å². The Morgan fingerprint density at radius 1 is 1.35 bits per heavy atom. The molecule has 0 aliphatic carbocycles. The summed E-state index contributed by atoms with van der Waals surface area (Å²) in [4.78, 5) is 18.1. The number of hydrogen-bond acceptors (Lipinski definition) is 3. The van der Waals surface area contributed by atoms with E-state index in [1.165, 1.54) is 0 Å². The lowest BCUT2D eigenvalue weighted by Crippen LogP contribution is -2.26. The second kappa shape index (κ2) is 6.89. The van der Waals surface area contributed by atoms with Gasteiger partial charge in [0.15, 0.2) is 0 Å². The molecular weight excluding hydrogens is 214 g/mol. The summed E-state index contributed by atoms with van der Waals surface area (Å²) in [6.45, 7) is 8.77. The first kappa shape index (κ1) is 13.5. The first-order valence-corrected chi connectivity index (χ1v) is 6.22. The maximum absolute atomic E-state index is 11.8. The van der Waals surface area contributed by atoms with E-state index in [1.54, 1.807) is 6.20 Å². The van der Waals surface area contributed by atoms with Crippen molar-refractivity contribution < 1.29 is 4.79 Å². The van der Waals surface area contributed by atoms with Crippen LogP contribution in [0.4, 0.5) is 5.69 Å². The molecule has 0 fully saturated rings. The molecule has 0 aliphatic rings. The quantitative estimate of drug-likeness (QED) is 0.821. The van der Waals surface area contributed by atoms with E-state index in [1.807, 2.05) is 19.1 Å². The maximum atomic E-state index is 11.8. The summed E-state index contributed by atoms with van der Waals surface area (Å²) in [6.07, 6.45) is 2.62. The Balaban J connectivity index is 2.81. The molecule has 0 atom stereocenters. The highest BCUT2D eigenvalue weighted by atomic mass is 16.1. The fourth-order valence-electron chi connectivity index (χ4n) is 1.66. The van der Waals surface area contributed by atoms with E-state index in [-0.39, 0.29) is 5.91 Å². The fraction of sp³-hybridized carbons (Fsp3) is 0.538. The van der Waals surface area contributed by atoms with Crippen molar-refractivity contribution in [3.8, 4) is 0 Å². The summed E-state index contributed by atoms with van der Waals surface area (Å²) >= 11 is 0. The van der Waals surface area contributed by atoms with Gasteiger partial charge < -0.3 is 10.2 Å². The molecule has 4 nitrogen and oxygen atoms in total. The molecule has 1 heterocycles. The zero-order valence-corrected chi connectivity index (χ0v) is 10.9. The van der Waals surface area contributed by atoms with E-state index >= 15 is 0 Å². The van der Waals surface area contributed by atoms with E-state index in [0.29, 0.717) is 12.2 Å². The third-order valence-electron chi connectivity index (χ3n) is 2.64. The van der Waals surface area contributed by atoms with E-state index in [2.05, 4.69) is 29.0 Å². The number of aromatic nitrogens is 1. The van der Waals surface area contributed by atoms with E-state index in [9.17, 15) is 4.79 Å². The minimum Gasteiger partial charge on any atom is -0.372 e. The summed E-state index contributed by atoms with van der Waals surface area (Å²) in [7, 11) is 0. The zero-order valence-electron chi connectivity index (χ0n) is 10.9. The summed E-state index contributed by atoms with van der Waals surface area (Å²) in [5.74, 6) is -0.0964. The topological polar surface area (TPSA) is 45.2 Å². The van der Waals surface area contributed by atoms with Gasteiger partial charge in [0.05, 0.1) is 0 Å². The van der Waals surface area contributed by atoms with E-state index in [0.717, 1.165) is 25.2 Å². The summed E-state index contributed by atoms with van der Waals surface area (Å²) in [5.41, 5.74) is 1.54. The summed E-state index contributed by atoms with van der Waals surface area (Å²) in [6, 6.07) is 3.78. The van der Waals surface area contributed by atoms with Crippen LogP contribution in [0.1, 0.15) is 37.7 Å². The van der Waals surface area contributed by atoms with Gasteiger partial charge in [0.2, 0.25) is 0 Å². The molecule has 0 unspecified atom stereocenters. The predicted octanol–water partition coefficient (Wildman–Crippen LogP) is 2.07. The number of rotatable bonds is 6. The molecule has 0 aliphatic heterocycles. The van der Waals surface area contributed by atoms with Gasteiger partial charge in [0.1, 0.15) is 5.69 Å². The third kappa shape index (κ3) is 3.73. The van der Waals surface area contributed by atoms with Gasteiger partial charge in [-0.25, -0.2) is 0 Å². The second-order valence-corrected chi connectivity index (χ2v) is 3.83. The molecule has 1 rings (SSSR count). The minimum atomic E-state index is -0.0964. The van der Waals surface area contributed by atoms with Crippen molar-refractivity contribution >= 4 is 11.6 Å². The molecule has 4 heteroatoms. The molecule has 94 valence electrons. The van der Waals surface area contributed by atoms with Crippen molar-refractivity contribution in [3.05, 3.63) is 24.0 Å². The van der Waals surface area contributed by atoms with E-state index < -0.39 is 0 Å². The van der Waals surface area contributed by atoms with Gasteiger partial charge in [-0.05, 0) is 32.4 Å². The smallest absolute Gasteiger partial charge is 0.269 e. The third-order valence-corrected chi connectivity index (χ3v) is 2.64. The van der Waals surface area contributed by atoms with Gasteiger partial charge in [-0.2, -0.15) is 0 Å². The van der Waals surface area contributed by atoms with Crippen LogP contribution in [-0.2, 0) is 0 Å². The number of anilines is 1. The number of amides is 1. The number of pyridine rings is 1. The molecule has 1 N–H and O–H groups in total. The average Bonchev–Trinajstić information content (AvgIpc) is 2.38. The first-order valence-electron chi connectivity index (χ1n) is 6.22. The van der Waals surface area contributed by atoms with Gasteiger partial charge in [0, 0.05) is 31.5 Å². The molecule has 0 saturated heterocycles. The molecule has 1 aromatic rings. The summed E-state index contributed by atoms with van der Waals surface area (Å²) < 4.78 is 0. The Labute approximate surface area is 103 Å². The van der Waals surface area contributed by atoms with Crippen LogP contribution in [-0.4, -0.2) is 30.5 Å². The molecule has 0 saturated carbocycles. The number of nitrogens with one attached hydrogen (secondary N) is 1. The number of nitrogens with zero attached hydrogens (tertiary/aromatic N) is 2. The van der Waals surface area contributed by atoms with Crippen LogP contribution in [0.25, 0.3) is 0 Å². The minimum absolute atomic E-state index is 0.0964. The SMILES string of the molecule is CCCNC(=O)c1cc(N(CC)CC)ccn1. The number of carbonyl (C=O) groups is 1. The molecule has 17 heavy (non-hydrogen) atoms. The van der Waals surface area contributed by atoms with Gasteiger partial charge >= 0.3 is 0 Å². The Morgan fingerprint density at radius 3 is 2.65 bits per heavy atom. The van der Waals surface area contributed by atoms with Gasteiger partial charge in [-0.15, -0.1) is 0 Å². The Kier molecular flexibility index (Phi) is 5.46. The molecule has 0 radical (unpaired) electrons. The summed E-state index contributed by atoms with van der Waals surface area (Å²) in [5, 5.41) is 2.83. The average molecular weight is 235 g/mol. The van der Waals surface area contributed by atoms with Crippen molar-refractivity contribution in [2.45, 2.75) is 27.2 Å². The van der Waals surface area contributed by atoms with Crippen molar-refractivity contribution in [2.75, 3.05) is 24.5 Å².